The van der Waals surface area contributed by atoms with Gasteiger partial charge in [0.05, 0.1) is 21.5 Å². The van der Waals surface area contributed by atoms with Gasteiger partial charge >= 0.3 is 6.18 Å². The summed E-state index contributed by atoms with van der Waals surface area (Å²) in [6, 6.07) is 4.27. The van der Waals surface area contributed by atoms with Crippen LogP contribution >= 0.6 is 23.6 Å². The standard InChI is InChI=1S/C17H16F3N3OS2/c1-4-8(2)23-14-13(15(24)22-16(23)25)10(17(18,19)20)7-11(21-14)12-6-5-9(3)26-12/h5-8H,4H2,1-3H3,(H,22,24,25)/t8-/m0/s1. The number of nitrogens with one attached hydrogen (secondary N) is 1. The molecule has 0 saturated carbocycles. The zero-order chi connectivity index (χ0) is 19.2. The first kappa shape index (κ1) is 18.8. The number of aromatic nitrogens is 3. The van der Waals surface area contributed by atoms with Crippen LogP contribution < -0.4 is 5.56 Å². The lowest BCUT2D eigenvalue weighted by Gasteiger charge is -2.19. The third-order valence-electron chi connectivity index (χ3n) is 4.22. The quantitative estimate of drug-likeness (QED) is 0.593. The second-order valence-electron chi connectivity index (χ2n) is 6.05. The van der Waals surface area contributed by atoms with Gasteiger partial charge in [-0.3, -0.25) is 14.3 Å². The van der Waals surface area contributed by atoms with Crippen LogP contribution in [0.25, 0.3) is 21.6 Å². The van der Waals surface area contributed by atoms with E-state index in [-0.39, 0.29) is 22.2 Å². The molecule has 138 valence electrons. The maximum atomic E-state index is 13.7. The van der Waals surface area contributed by atoms with E-state index in [0.717, 1.165) is 10.9 Å². The van der Waals surface area contributed by atoms with Crippen molar-refractivity contribution in [3.05, 3.63) is 43.8 Å². The summed E-state index contributed by atoms with van der Waals surface area (Å²) < 4.78 is 42.7. The van der Waals surface area contributed by atoms with Gasteiger partial charge in [0.25, 0.3) is 5.56 Å². The number of thiophene rings is 1. The van der Waals surface area contributed by atoms with Crippen molar-refractivity contribution in [1.82, 2.24) is 14.5 Å². The van der Waals surface area contributed by atoms with Gasteiger partial charge in [-0.15, -0.1) is 11.3 Å². The predicted molar refractivity (Wildman–Crippen MR) is 99.2 cm³/mol. The van der Waals surface area contributed by atoms with Gasteiger partial charge in [0.2, 0.25) is 0 Å². The Morgan fingerprint density at radius 1 is 1.38 bits per heavy atom. The second kappa shape index (κ2) is 6.62. The lowest BCUT2D eigenvalue weighted by Crippen LogP contribution is -2.22. The van der Waals surface area contributed by atoms with Gasteiger partial charge in [0, 0.05) is 10.9 Å². The summed E-state index contributed by atoms with van der Waals surface area (Å²) >= 11 is 6.55. The highest BCUT2D eigenvalue weighted by atomic mass is 32.1. The molecule has 0 spiro atoms. The van der Waals surface area contributed by atoms with Crippen molar-refractivity contribution in [3.8, 4) is 10.6 Å². The van der Waals surface area contributed by atoms with Gasteiger partial charge < -0.3 is 0 Å². The summed E-state index contributed by atoms with van der Waals surface area (Å²) in [4.78, 5) is 20.6. The molecule has 26 heavy (non-hydrogen) atoms. The van der Waals surface area contributed by atoms with E-state index in [1.807, 2.05) is 26.8 Å². The zero-order valence-corrected chi connectivity index (χ0v) is 15.9. The molecule has 3 heterocycles. The minimum atomic E-state index is -4.69. The van der Waals surface area contributed by atoms with Crippen molar-refractivity contribution >= 4 is 34.6 Å². The number of H-pyrrole nitrogens is 1. The summed E-state index contributed by atoms with van der Waals surface area (Å²) in [6.07, 6.45) is -4.06. The first-order valence-corrected chi connectivity index (χ1v) is 9.19. The van der Waals surface area contributed by atoms with Crippen LogP contribution in [0, 0.1) is 11.7 Å². The summed E-state index contributed by atoms with van der Waals surface area (Å²) in [7, 11) is 0. The molecular weight excluding hydrogens is 383 g/mol. The molecule has 0 aliphatic heterocycles. The third kappa shape index (κ3) is 3.21. The Labute approximate surface area is 156 Å². The number of hydrogen-bond acceptors (Lipinski definition) is 4. The first-order chi connectivity index (χ1) is 12.1. The van der Waals surface area contributed by atoms with Crippen LogP contribution in [0.15, 0.2) is 23.0 Å². The van der Waals surface area contributed by atoms with Crippen LogP contribution in [0.1, 0.15) is 36.8 Å². The van der Waals surface area contributed by atoms with Crippen LogP contribution in [0.2, 0.25) is 0 Å². The van der Waals surface area contributed by atoms with E-state index in [1.54, 1.807) is 6.07 Å². The average Bonchev–Trinajstić information content (AvgIpc) is 2.99. The third-order valence-corrected chi connectivity index (χ3v) is 5.55. The lowest BCUT2D eigenvalue weighted by atomic mass is 10.1. The molecule has 0 aliphatic rings. The Bertz CT molecular complexity index is 1100. The van der Waals surface area contributed by atoms with E-state index in [1.165, 1.54) is 15.9 Å². The fraction of sp³-hybridized carbons (Fsp3) is 0.353. The van der Waals surface area contributed by atoms with Gasteiger partial charge in [0.1, 0.15) is 5.65 Å². The number of pyridine rings is 1. The van der Waals surface area contributed by atoms with Gasteiger partial charge in [-0.2, -0.15) is 13.2 Å². The number of alkyl halides is 3. The lowest BCUT2D eigenvalue weighted by molar-refractivity contribution is -0.136. The Kier molecular flexibility index (Phi) is 4.78. The highest BCUT2D eigenvalue weighted by Crippen LogP contribution is 2.37. The molecular formula is C17H16F3N3OS2. The van der Waals surface area contributed by atoms with Crippen molar-refractivity contribution in [2.24, 2.45) is 0 Å². The van der Waals surface area contributed by atoms with Gasteiger partial charge in [-0.1, -0.05) is 6.92 Å². The minimum absolute atomic E-state index is 0.0380. The van der Waals surface area contributed by atoms with E-state index in [0.29, 0.717) is 11.3 Å². The molecule has 0 amide bonds. The maximum Gasteiger partial charge on any atom is 0.417 e. The largest absolute Gasteiger partial charge is 0.417 e. The topological polar surface area (TPSA) is 50.7 Å². The van der Waals surface area contributed by atoms with Gasteiger partial charge in [-0.05, 0) is 50.7 Å². The molecule has 3 aromatic rings. The molecule has 0 aliphatic carbocycles. The van der Waals surface area contributed by atoms with Crippen molar-refractivity contribution in [2.75, 3.05) is 0 Å². The number of halogens is 3. The monoisotopic (exact) mass is 399 g/mol. The van der Waals surface area contributed by atoms with Gasteiger partial charge in [-0.25, -0.2) is 4.98 Å². The molecule has 0 bridgehead atoms. The molecule has 3 rings (SSSR count). The second-order valence-corrected chi connectivity index (χ2v) is 7.72. The Hall–Kier alpha value is -2.00. The van der Waals surface area contributed by atoms with Crippen molar-refractivity contribution in [1.29, 1.82) is 0 Å². The highest BCUT2D eigenvalue weighted by molar-refractivity contribution is 7.71. The SMILES string of the molecule is CC[C@H](C)n1c(=S)[nH]c(=O)c2c(C(F)(F)F)cc(-c3ccc(C)s3)nc21. The van der Waals surface area contributed by atoms with Crippen LogP contribution in [-0.4, -0.2) is 14.5 Å². The Morgan fingerprint density at radius 3 is 2.62 bits per heavy atom. The number of aryl methyl sites for hydroxylation is 1. The van der Waals surface area contributed by atoms with Crippen LogP contribution in [-0.2, 0) is 6.18 Å². The summed E-state index contributed by atoms with van der Waals surface area (Å²) in [5.41, 5.74) is -1.74. The van der Waals surface area contributed by atoms with Crippen LogP contribution in [0.5, 0.6) is 0 Å². The fourth-order valence-corrected chi connectivity index (χ4v) is 3.95. The number of fused-ring (bicyclic) bond motifs is 1. The first-order valence-electron chi connectivity index (χ1n) is 7.97. The predicted octanol–water partition coefficient (Wildman–Crippen LogP) is 5.48. The van der Waals surface area contributed by atoms with Crippen LogP contribution in [0.4, 0.5) is 13.2 Å². The van der Waals surface area contributed by atoms with Crippen LogP contribution in [0.3, 0.4) is 0 Å². The summed E-state index contributed by atoms with van der Waals surface area (Å²) in [5, 5.41) is -0.483. The molecule has 0 unspecified atom stereocenters. The van der Waals surface area contributed by atoms with E-state index in [9.17, 15) is 18.0 Å². The number of hydrogen-bond donors (Lipinski definition) is 1. The fourth-order valence-electron chi connectivity index (χ4n) is 2.76. The number of nitrogens with zero attached hydrogens (tertiary/aromatic N) is 2. The molecule has 0 fully saturated rings. The molecule has 1 atom stereocenters. The molecule has 9 heteroatoms. The number of aromatic amines is 1. The molecule has 0 radical (unpaired) electrons. The van der Waals surface area contributed by atoms with E-state index >= 15 is 0 Å². The summed E-state index contributed by atoms with van der Waals surface area (Å²) in [6.45, 7) is 5.58. The molecule has 4 nitrogen and oxygen atoms in total. The Morgan fingerprint density at radius 2 is 2.08 bits per heavy atom. The van der Waals surface area contributed by atoms with E-state index in [2.05, 4.69) is 9.97 Å². The van der Waals surface area contributed by atoms with Crippen molar-refractivity contribution in [3.63, 3.8) is 0 Å². The smallest absolute Gasteiger partial charge is 0.300 e. The van der Waals surface area contributed by atoms with E-state index in [4.69, 9.17) is 12.2 Å². The summed E-state index contributed by atoms with van der Waals surface area (Å²) in [5.74, 6) is 0. The number of rotatable bonds is 3. The normalized spacial score (nSPS) is 13.3. The molecule has 0 saturated heterocycles. The average molecular weight is 399 g/mol. The van der Waals surface area contributed by atoms with E-state index < -0.39 is 22.7 Å². The maximum absolute atomic E-state index is 13.7. The highest BCUT2D eigenvalue weighted by Gasteiger charge is 2.36. The van der Waals surface area contributed by atoms with Crippen molar-refractivity contribution in [2.45, 2.75) is 39.4 Å². The molecule has 0 aromatic carbocycles. The minimum Gasteiger partial charge on any atom is -0.300 e. The Balaban J connectivity index is 2.51. The molecule has 1 N–H and O–H groups in total. The zero-order valence-electron chi connectivity index (χ0n) is 14.3. The van der Waals surface area contributed by atoms with Crippen molar-refractivity contribution < 1.29 is 13.2 Å². The van der Waals surface area contributed by atoms with Gasteiger partial charge in [0.15, 0.2) is 4.77 Å². The molecule has 3 aromatic heterocycles.